The van der Waals surface area contributed by atoms with Gasteiger partial charge in [-0.1, -0.05) is 24.3 Å². The van der Waals surface area contributed by atoms with Gasteiger partial charge in [-0.05, 0) is 43.3 Å². The first kappa shape index (κ1) is 17.7. The molecule has 1 aromatic carbocycles. The van der Waals surface area contributed by atoms with E-state index >= 15 is 0 Å². The van der Waals surface area contributed by atoms with Crippen molar-refractivity contribution in [1.29, 1.82) is 0 Å². The number of carbonyl (C=O) groups excluding carboxylic acids is 2. The van der Waals surface area contributed by atoms with E-state index in [-0.39, 0.29) is 11.8 Å². The maximum absolute atomic E-state index is 13.0. The minimum absolute atomic E-state index is 0.0160. The van der Waals surface area contributed by atoms with Crippen molar-refractivity contribution < 1.29 is 9.59 Å². The fourth-order valence-electron chi connectivity index (χ4n) is 3.46. The number of benzene rings is 1. The van der Waals surface area contributed by atoms with Gasteiger partial charge in [-0.15, -0.1) is 11.3 Å². The highest BCUT2D eigenvalue weighted by atomic mass is 32.1. The Kier molecular flexibility index (Phi) is 4.90. The number of hydrogen-bond donors (Lipinski definition) is 1. The Balaban J connectivity index is 1.65. The summed E-state index contributed by atoms with van der Waals surface area (Å²) in [5.41, 5.74) is 2.09. The quantitative estimate of drug-likeness (QED) is 0.752. The summed E-state index contributed by atoms with van der Waals surface area (Å²) in [5, 5.41) is 5.66. The number of amides is 2. The highest BCUT2D eigenvalue weighted by molar-refractivity contribution is 7.13. The van der Waals surface area contributed by atoms with Crippen LogP contribution < -0.4 is 5.32 Å². The van der Waals surface area contributed by atoms with Crippen LogP contribution in [-0.2, 0) is 4.79 Å². The molecule has 1 aliphatic heterocycles. The van der Waals surface area contributed by atoms with Crippen LogP contribution in [0.3, 0.4) is 0 Å². The van der Waals surface area contributed by atoms with Crippen LogP contribution in [0, 0.1) is 0 Å². The zero-order valence-electron chi connectivity index (χ0n) is 15.1. The molecule has 0 radical (unpaired) electrons. The molecule has 27 heavy (non-hydrogen) atoms. The van der Waals surface area contributed by atoms with E-state index in [4.69, 9.17) is 4.98 Å². The fourth-order valence-corrected chi connectivity index (χ4v) is 4.15. The third kappa shape index (κ3) is 3.57. The molecule has 1 fully saturated rings. The van der Waals surface area contributed by atoms with Gasteiger partial charge in [0, 0.05) is 18.5 Å². The number of hydrogen-bond acceptors (Lipinski definition) is 4. The average molecular weight is 379 g/mol. The van der Waals surface area contributed by atoms with Gasteiger partial charge in [-0.3, -0.25) is 9.59 Å². The molecule has 1 N–H and O–H groups in total. The molecule has 2 aromatic heterocycles. The summed E-state index contributed by atoms with van der Waals surface area (Å²) in [5.74, 6) is -0.260. The molecule has 2 amide bonds. The lowest BCUT2D eigenvalue weighted by Gasteiger charge is -2.21. The molecule has 4 rings (SSSR count). The standard InChI is InChI=1S/C21H21N3O2S/c1-14(21(26)24-10-4-5-11-24)22-20(25)16-13-18(19-9-6-12-27-19)23-17-8-3-2-7-15(16)17/h2-3,6-9,12-14H,4-5,10-11H2,1H3,(H,22,25)/t14-/m1/s1. The van der Waals surface area contributed by atoms with Crippen molar-refractivity contribution in [2.75, 3.05) is 13.1 Å². The van der Waals surface area contributed by atoms with Gasteiger partial charge in [0.15, 0.2) is 0 Å². The van der Waals surface area contributed by atoms with Crippen molar-refractivity contribution in [2.24, 2.45) is 0 Å². The van der Waals surface area contributed by atoms with E-state index < -0.39 is 6.04 Å². The first-order chi connectivity index (χ1) is 13.1. The lowest BCUT2D eigenvalue weighted by Crippen LogP contribution is -2.46. The Bertz CT molecular complexity index is 978. The minimum Gasteiger partial charge on any atom is -0.341 e. The molecule has 5 nitrogen and oxygen atoms in total. The normalized spacial score (nSPS) is 15.1. The smallest absolute Gasteiger partial charge is 0.252 e. The van der Waals surface area contributed by atoms with Crippen LogP contribution in [0.4, 0.5) is 0 Å². The van der Waals surface area contributed by atoms with E-state index in [0.717, 1.165) is 47.4 Å². The maximum Gasteiger partial charge on any atom is 0.252 e. The van der Waals surface area contributed by atoms with Crippen molar-refractivity contribution in [1.82, 2.24) is 15.2 Å². The first-order valence-corrected chi connectivity index (χ1v) is 10.0. The third-order valence-corrected chi connectivity index (χ3v) is 5.76. The third-order valence-electron chi connectivity index (χ3n) is 4.87. The predicted octanol–water partition coefficient (Wildman–Crippen LogP) is 3.70. The number of fused-ring (bicyclic) bond motifs is 1. The lowest BCUT2D eigenvalue weighted by molar-refractivity contribution is -0.131. The van der Waals surface area contributed by atoms with E-state index in [1.807, 2.05) is 52.7 Å². The van der Waals surface area contributed by atoms with Gasteiger partial charge < -0.3 is 10.2 Å². The molecule has 1 saturated heterocycles. The van der Waals surface area contributed by atoms with Gasteiger partial charge in [0.25, 0.3) is 5.91 Å². The SMILES string of the molecule is C[C@@H](NC(=O)c1cc(-c2cccs2)nc2ccccc12)C(=O)N1CCCC1. The van der Waals surface area contributed by atoms with Crippen LogP contribution in [0.2, 0.25) is 0 Å². The molecule has 0 saturated carbocycles. The number of para-hydroxylation sites is 1. The summed E-state index contributed by atoms with van der Waals surface area (Å²) < 4.78 is 0. The van der Waals surface area contributed by atoms with Crippen LogP contribution in [0.15, 0.2) is 47.8 Å². The lowest BCUT2D eigenvalue weighted by atomic mass is 10.1. The molecule has 1 atom stereocenters. The Labute approximate surface area is 162 Å². The predicted molar refractivity (Wildman–Crippen MR) is 108 cm³/mol. The van der Waals surface area contributed by atoms with Crippen molar-refractivity contribution in [3.63, 3.8) is 0 Å². The van der Waals surface area contributed by atoms with E-state index in [1.54, 1.807) is 18.3 Å². The molecule has 6 heteroatoms. The number of carbonyl (C=O) groups is 2. The van der Waals surface area contributed by atoms with Crippen LogP contribution >= 0.6 is 11.3 Å². The highest BCUT2D eigenvalue weighted by Gasteiger charge is 2.25. The average Bonchev–Trinajstić information content (AvgIpc) is 3.40. The van der Waals surface area contributed by atoms with Crippen molar-refractivity contribution in [2.45, 2.75) is 25.8 Å². The second-order valence-corrected chi connectivity index (χ2v) is 7.72. The number of aromatic nitrogens is 1. The summed E-state index contributed by atoms with van der Waals surface area (Å²) in [7, 11) is 0. The van der Waals surface area contributed by atoms with Gasteiger partial charge in [0.1, 0.15) is 6.04 Å². The fraction of sp³-hybridized carbons (Fsp3) is 0.286. The molecule has 0 spiro atoms. The van der Waals surface area contributed by atoms with Crippen LogP contribution in [0.5, 0.6) is 0 Å². The Morgan fingerprint density at radius 1 is 1.15 bits per heavy atom. The van der Waals surface area contributed by atoms with Gasteiger partial charge >= 0.3 is 0 Å². The second kappa shape index (κ2) is 7.48. The summed E-state index contributed by atoms with van der Waals surface area (Å²) in [6.45, 7) is 3.31. The molecule has 0 aliphatic carbocycles. The summed E-state index contributed by atoms with van der Waals surface area (Å²) in [6, 6.07) is 12.8. The van der Waals surface area contributed by atoms with Crippen molar-refractivity contribution in [3.05, 3.63) is 53.4 Å². The van der Waals surface area contributed by atoms with E-state index in [0.29, 0.717) is 5.56 Å². The number of pyridine rings is 1. The van der Waals surface area contributed by atoms with Gasteiger partial charge in [0.2, 0.25) is 5.91 Å². The number of likely N-dealkylation sites (tertiary alicyclic amines) is 1. The second-order valence-electron chi connectivity index (χ2n) is 6.78. The summed E-state index contributed by atoms with van der Waals surface area (Å²) in [6.07, 6.45) is 2.07. The summed E-state index contributed by atoms with van der Waals surface area (Å²) in [4.78, 5) is 33.1. The van der Waals surface area contributed by atoms with Gasteiger partial charge in [-0.2, -0.15) is 0 Å². The van der Waals surface area contributed by atoms with Crippen LogP contribution in [-0.4, -0.2) is 40.8 Å². The number of nitrogens with one attached hydrogen (secondary N) is 1. The largest absolute Gasteiger partial charge is 0.341 e. The van der Waals surface area contributed by atoms with E-state index in [1.165, 1.54) is 0 Å². The van der Waals surface area contributed by atoms with Gasteiger partial charge in [0.05, 0.1) is 21.7 Å². The Hall–Kier alpha value is -2.73. The van der Waals surface area contributed by atoms with Gasteiger partial charge in [-0.25, -0.2) is 4.98 Å². The molecule has 0 bridgehead atoms. The zero-order chi connectivity index (χ0) is 18.8. The molecule has 0 unspecified atom stereocenters. The molecular formula is C21H21N3O2S. The minimum atomic E-state index is -0.548. The molecule has 3 aromatic rings. The number of nitrogens with zero attached hydrogens (tertiary/aromatic N) is 2. The monoisotopic (exact) mass is 379 g/mol. The number of thiophene rings is 1. The van der Waals surface area contributed by atoms with Crippen molar-refractivity contribution in [3.8, 4) is 10.6 Å². The maximum atomic E-state index is 13.0. The van der Waals surface area contributed by atoms with E-state index in [9.17, 15) is 9.59 Å². The van der Waals surface area contributed by atoms with E-state index in [2.05, 4.69) is 5.32 Å². The number of rotatable bonds is 4. The van der Waals surface area contributed by atoms with Crippen molar-refractivity contribution >= 4 is 34.1 Å². The Morgan fingerprint density at radius 2 is 1.93 bits per heavy atom. The Morgan fingerprint density at radius 3 is 2.67 bits per heavy atom. The molecule has 3 heterocycles. The molecular weight excluding hydrogens is 358 g/mol. The first-order valence-electron chi connectivity index (χ1n) is 9.17. The molecule has 1 aliphatic rings. The van der Waals surface area contributed by atoms with Crippen LogP contribution in [0.25, 0.3) is 21.5 Å². The van der Waals surface area contributed by atoms with Crippen LogP contribution in [0.1, 0.15) is 30.1 Å². The summed E-state index contributed by atoms with van der Waals surface area (Å²) >= 11 is 1.59. The highest BCUT2D eigenvalue weighted by Crippen LogP contribution is 2.28. The topological polar surface area (TPSA) is 62.3 Å². The zero-order valence-corrected chi connectivity index (χ0v) is 16.0. The molecule has 138 valence electrons.